The van der Waals surface area contributed by atoms with Crippen LogP contribution in [-0.4, -0.2) is 38.9 Å². The Bertz CT molecular complexity index is 1050. The first-order valence-corrected chi connectivity index (χ1v) is 9.21. The summed E-state index contributed by atoms with van der Waals surface area (Å²) in [6.07, 6.45) is 2.17. The van der Waals surface area contributed by atoms with Crippen LogP contribution in [-0.2, 0) is 4.79 Å². The quantitative estimate of drug-likeness (QED) is 0.678. The number of amides is 2. The molecule has 1 aliphatic rings. The fourth-order valence-corrected chi connectivity index (χ4v) is 3.36. The van der Waals surface area contributed by atoms with Crippen molar-refractivity contribution in [3.63, 3.8) is 0 Å². The predicted molar refractivity (Wildman–Crippen MR) is 96.0 cm³/mol. The van der Waals surface area contributed by atoms with Crippen LogP contribution in [0.3, 0.4) is 0 Å². The van der Waals surface area contributed by atoms with Crippen LogP contribution in [0.1, 0.15) is 22.6 Å². The number of anilines is 1. The minimum atomic E-state index is -4.48. The van der Waals surface area contributed by atoms with Gasteiger partial charge in [0.25, 0.3) is 5.91 Å². The molecular formula is C17H14F3N5O2S. The van der Waals surface area contributed by atoms with Gasteiger partial charge < -0.3 is 15.0 Å². The molecule has 0 aliphatic heterocycles. The van der Waals surface area contributed by atoms with E-state index in [1.165, 1.54) is 6.20 Å². The zero-order chi connectivity index (χ0) is 19.9. The monoisotopic (exact) mass is 409 g/mol. The number of alkyl halides is 3. The zero-order valence-electron chi connectivity index (χ0n) is 14.3. The van der Waals surface area contributed by atoms with Crippen molar-refractivity contribution < 1.29 is 22.8 Å². The lowest BCUT2D eigenvalue weighted by Gasteiger charge is -2.06. The number of carbonyl (C=O) groups excluding carboxylic acids is 2. The lowest BCUT2D eigenvalue weighted by molar-refractivity contribution is -0.123. The van der Waals surface area contributed by atoms with E-state index in [4.69, 9.17) is 0 Å². The molecule has 0 saturated heterocycles. The lowest BCUT2D eigenvalue weighted by atomic mass is 10.2. The first-order chi connectivity index (χ1) is 13.3. The maximum absolute atomic E-state index is 12.2. The number of thiazole rings is 1. The fourth-order valence-electron chi connectivity index (χ4n) is 2.54. The molecule has 3 aromatic heterocycles. The average Bonchev–Trinajstić information content (AvgIpc) is 3.23. The summed E-state index contributed by atoms with van der Waals surface area (Å²) in [6, 6.07) is 3.50. The van der Waals surface area contributed by atoms with Crippen LogP contribution in [0.4, 0.5) is 19.0 Å². The van der Waals surface area contributed by atoms with Crippen LogP contribution in [0, 0.1) is 5.92 Å². The molecule has 0 spiro atoms. The van der Waals surface area contributed by atoms with Crippen molar-refractivity contribution in [2.75, 3.05) is 11.9 Å². The van der Waals surface area contributed by atoms with Crippen molar-refractivity contribution in [2.24, 2.45) is 5.92 Å². The summed E-state index contributed by atoms with van der Waals surface area (Å²) in [5, 5.41) is 4.52. The molecule has 1 saturated carbocycles. The van der Waals surface area contributed by atoms with Crippen molar-refractivity contribution in [3.05, 3.63) is 35.7 Å². The van der Waals surface area contributed by atoms with Crippen LogP contribution >= 0.6 is 11.3 Å². The van der Waals surface area contributed by atoms with E-state index in [9.17, 15) is 22.8 Å². The molecule has 146 valence electrons. The molecule has 0 atom stereocenters. The lowest BCUT2D eigenvalue weighted by Crippen LogP contribution is -2.33. The molecule has 3 aromatic rings. The van der Waals surface area contributed by atoms with Gasteiger partial charge in [0.1, 0.15) is 12.2 Å². The van der Waals surface area contributed by atoms with Crippen molar-refractivity contribution in [2.45, 2.75) is 19.0 Å². The normalized spacial score (nSPS) is 14.2. The Kier molecular flexibility index (Phi) is 4.53. The summed E-state index contributed by atoms with van der Waals surface area (Å²) in [4.78, 5) is 32.5. The van der Waals surface area contributed by atoms with Gasteiger partial charge in [0.05, 0.1) is 11.1 Å². The van der Waals surface area contributed by atoms with Crippen LogP contribution in [0.5, 0.6) is 0 Å². The topological polar surface area (TPSA) is 88.4 Å². The van der Waals surface area contributed by atoms with Gasteiger partial charge in [-0.25, -0.2) is 9.97 Å². The Morgan fingerprint density at radius 3 is 2.75 bits per heavy atom. The van der Waals surface area contributed by atoms with Gasteiger partial charge in [-0.1, -0.05) is 0 Å². The number of fused-ring (bicyclic) bond motifs is 1. The van der Waals surface area contributed by atoms with Gasteiger partial charge in [-0.05, 0) is 25.0 Å². The second kappa shape index (κ2) is 6.89. The van der Waals surface area contributed by atoms with Crippen molar-refractivity contribution in [3.8, 4) is 10.4 Å². The number of hydrogen-bond donors (Lipinski definition) is 2. The molecule has 7 nitrogen and oxygen atoms in total. The Labute approximate surface area is 160 Å². The van der Waals surface area contributed by atoms with E-state index in [1.54, 1.807) is 34.2 Å². The smallest absolute Gasteiger partial charge is 0.341 e. The first kappa shape index (κ1) is 18.4. The Hall–Kier alpha value is -2.95. The van der Waals surface area contributed by atoms with E-state index in [1.807, 2.05) is 0 Å². The van der Waals surface area contributed by atoms with E-state index >= 15 is 0 Å². The summed E-state index contributed by atoms with van der Waals surface area (Å²) in [5.74, 6) is -0.395. The maximum Gasteiger partial charge on any atom is 0.405 e. The molecule has 1 aliphatic carbocycles. The van der Waals surface area contributed by atoms with Crippen LogP contribution in [0.2, 0.25) is 0 Å². The highest BCUT2D eigenvalue weighted by Crippen LogP contribution is 2.30. The fraction of sp³-hybridized carbons (Fsp3) is 0.294. The third kappa shape index (κ3) is 4.14. The predicted octanol–water partition coefficient (Wildman–Crippen LogP) is 3.10. The SMILES string of the molecule is O=C(NCC(F)(F)F)c1ncc(-c2ccc3nc(NC(=O)C4CC4)cn3c2)s1. The van der Waals surface area contributed by atoms with Crippen LogP contribution in [0.15, 0.2) is 30.7 Å². The zero-order valence-corrected chi connectivity index (χ0v) is 15.1. The molecule has 0 radical (unpaired) electrons. The summed E-state index contributed by atoms with van der Waals surface area (Å²) in [6.45, 7) is -1.41. The Morgan fingerprint density at radius 1 is 1.25 bits per heavy atom. The molecule has 4 rings (SSSR count). The van der Waals surface area contributed by atoms with E-state index in [-0.39, 0.29) is 16.8 Å². The van der Waals surface area contributed by atoms with Crippen LogP contribution in [0.25, 0.3) is 16.1 Å². The number of imidazole rings is 1. The summed E-state index contributed by atoms with van der Waals surface area (Å²) >= 11 is 0.989. The minimum Gasteiger partial charge on any atom is -0.341 e. The van der Waals surface area contributed by atoms with Gasteiger partial charge >= 0.3 is 6.18 Å². The number of pyridine rings is 1. The Balaban J connectivity index is 1.50. The summed E-state index contributed by atoms with van der Waals surface area (Å²) in [5.41, 5.74) is 1.35. The van der Waals surface area contributed by atoms with Crippen LogP contribution < -0.4 is 10.6 Å². The van der Waals surface area contributed by atoms with E-state index < -0.39 is 18.6 Å². The number of halogens is 3. The number of nitrogens with one attached hydrogen (secondary N) is 2. The number of aromatic nitrogens is 3. The molecule has 0 unspecified atom stereocenters. The number of nitrogens with zero attached hydrogens (tertiary/aromatic N) is 3. The molecule has 28 heavy (non-hydrogen) atoms. The molecule has 0 aromatic carbocycles. The molecule has 3 heterocycles. The Morgan fingerprint density at radius 2 is 2.04 bits per heavy atom. The van der Waals surface area contributed by atoms with Gasteiger partial charge in [-0.3, -0.25) is 9.59 Å². The van der Waals surface area contributed by atoms with Crippen molar-refractivity contribution in [1.82, 2.24) is 19.7 Å². The first-order valence-electron chi connectivity index (χ1n) is 8.39. The highest BCUT2D eigenvalue weighted by molar-refractivity contribution is 7.16. The van der Waals surface area contributed by atoms with Gasteiger partial charge in [0.2, 0.25) is 5.91 Å². The molecule has 1 fully saturated rings. The van der Waals surface area contributed by atoms with Gasteiger partial charge in [-0.15, -0.1) is 11.3 Å². The van der Waals surface area contributed by atoms with Gasteiger partial charge in [0, 0.05) is 23.9 Å². The van der Waals surface area contributed by atoms with E-state index in [0.717, 1.165) is 29.7 Å². The van der Waals surface area contributed by atoms with Gasteiger partial charge in [-0.2, -0.15) is 13.2 Å². The summed E-state index contributed by atoms with van der Waals surface area (Å²) < 4.78 is 38.4. The van der Waals surface area contributed by atoms with Gasteiger partial charge in [0.15, 0.2) is 10.8 Å². The van der Waals surface area contributed by atoms with E-state index in [0.29, 0.717) is 16.3 Å². The number of carbonyl (C=O) groups is 2. The second-order valence-corrected chi connectivity index (χ2v) is 7.43. The highest BCUT2D eigenvalue weighted by atomic mass is 32.1. The molecule has 2 amide bonds. The maximum atomic E-state index is 12.2. The molecule has 0 bridgehead atoms. The second-order valence-electron chi connectivity index (χ2n) is 6.40. The third-order valence-corrected chi connectivity index (χ3v) is 5.13. The minimum absolute atomic E-state index is 0.0411. The largest absolute Gasteiger partial charge is 0.405 e. The molecule has 2 N–H and O–H groups in total. The van der Waals surface area contributed by atoms with E-state index in [2.05, 4.69) is 15.3 Å². The number of hydrogen-bond acceptors (Lipinski definition) is 5. The van der Waals surface area contributed by atoms with Crippen molar-refractivity contribution >= 4 is 34.6 Å². The summed E-state index contributed by atoms with van der Waals surface area (Å²) in [7, 11) is 0. The number of rotatable bonds is 5. The molecule has 11 heteroatoms. The average molecular weight is 409 g/mol. The molecular weight excluding hydrogens is 395 g/mol. The third-order valence-electron chi connectivity index (χ3n) is 4.08. The highest BCUT2D eigenvalue weighted by Gasteiger charge is 2.30. The van der Waals surface area contributed by atoms with Crippen molar-refractivity contribution in [1.29, 1.82) is 0 Å². The standard InChI is InChI=1S/C17H14F3N5O2S/c18-17(19,20)8-22-15(27)16-21-5-11(28-16)10-3-4-13-23-12(7-25(13)6-10)24-14(26)9-1-2-9/h3-7,9H,1-2,8H2,(H,22,27)(H,24,26).